The Morgan fingerprint density at radius 1 is 1.55 bits per heavy atom. The fourth-order valence-electron chi connectivity index (χ4n) is 2.88. The first-order chi connectivity index (χ1) is 9.52. The Hall–Kier alpha value is -1.43. The van der Waals surface area contributed by atoms with Gasteiger partial charge in [-0.15, -0.1) is 0 Å². The number of nitrogens with zero attached hydrogens (tertiary/aromatic N) is 3. The number of rotatable bonds is 5. The summed E-state index contributed by atoms with van der Waals surface area (Å²) in [4.78, 5) is 15.0. The highest BCUT2D eigenvalue weighted by molar-refractivity contribution is 7.80. The monoisotopic (exact) mass is 294 g/mol. The molecule has 0 aliphatic heterocycles. The molecule has 1 aromatic rings. The zero-order valence-corrected chi connectivity index (χ0v) is 12.9. The summed E-state index contributed by atoms with van der Waals surface area (Å²) in [6.07, 6.45) is 6.95. The average molecular weight is 294 g/mol. The zero-order chi connectivity index (χ0) is 14.7. The van der Waals surface area contributed by atoms with Crippen molar-refractivity contribution in [1.29, 1.82) is 0 Å². The third-order valence-corrected chi connectivity index (χ3v) is 3.95. The third kappa shape index (κ3) is 3.17. The quantitative estimate of drug-likeness (QED) is 0.839. The van der Waals surface area contributed by atoms with Gasteiger partial charge in [-0.1, -0.05) is 32.0 Å². The van der Waals surface area contributed by atoms with E-state index in [1.807, 2.05) is 18.9 Å². The summed E-state index contributed by atoms with van der Waals surface area (Å²) in [5.74, 6) is 0.00894. The number of hydrogen-bond acceptors (Lipinski definition) is 3. The van der Waals surface area contributed by atoms with E-state index >= 15 is 0 Å². The molecular weight excluding hydrogens is 272 g/mol. The van der Waals surface area contributed by atoms with Crippen LogP contribution in [0.5, 0.6) is 0 Å². The van der Waals surface area contributed by atoms with Gasteiger partial charge in [0.25, 0.3) is 5.91 Å². The molecule has 0 aromatic carbocycles. The van der Waals surface area contributed by atoms with Gasteiger partial charge in [0, 0.05) is 19.3 Å². The molecule has 1 amide bonds. The average Bonchev–Trinajstić information content (AvgIpc) is 3.03. The Bertz CT molecular complexity index is 505. The summed E-state index contributed by atoms with van der Waals surface area (Å²) >= 11 is 5.01. The molecule has 2 rings (SSSR count). The van der Waals surface area contributed by atoms with E-state index in [0.29, 0.717) is 17.1 Å². The van der Waals surface area contributed by atoms with Gasteiger partial charge in [0.2, 0.25) is 0 Å². The van der Waals surface area contributed by atoms with Gasteiger partial charge in [-0.05, 0) is 19.3 Å². The van der Waals surface area contributed by atoms with E-state index < -0.39 is 0 Å². The van der Waals surface area contributed by atoms with Crippen molar-refractivity contribution in [3.8, 4) is 0 Å². The van der Waals surface area contributed by atoms with E-state index in [-0.39, 0.29) is 11.9 Å². The molecule has 5 nitrogen and oxygen atoms in total. The number of aryl methyl sites for hydroxylation is 2. The Morgan fingerprint density at radius 3 is 2.75 bits per heavy atom. The lowest BCUT2D eigenvalue weighted by molar-refractivity contribution is 0.0713. The minimum absolute atomic E-state index is 0.00894. The minimum atomic E-state index is 0.00894. The second kappa shape index (κ2) is 6.35. The maximum absolute atomic E-state index is 12.8. The van der Waals surface area contributed by atoms with Crippen LogP contribution in [0.1, 0.15) is 48.7 Å². The van der Waals surface area contributed by atoms with Crippen LogP contribution in [0.3, 0.4) is 0 Å². The molecule has 1 aliphatic rings. The van der Waals surface area contributed by atoms with Crippen molar-refractivity contribution >= 4 is 23.1 Å². The summed E-state index contributed by atoms with van der Waals surface area (Å²) < 4.78 is 1.69. The number of amides is 1. The minimum Gasteiger partial charge on any atom is -0.392 e. The van der Waals surface area contributed by atoms with Crippen LogP contribution in [-0.4, -0.2) is 38.2 Å². The van der Waals surface area contributed by atoms with Gasteiger partial charge in [-0.2, -0.15) is 5.10 Å². The lowest BCUT2D eigenvalue weighted by Crippen LogP contribution is -2.43. The van der Waals surface area contributed by atoms with Crippen molar-refractivity contribution in [2.24, 2.45) is 12.8 Å². The van der Waals surface area contributed by atoms with Crippen LogP contribution in [0, 0.1) is 0 Å². The van der Waals surface area contributed by atoms with Crippen LogP contribution in [0.4, 0.5) is 0 Å². The van der Waals surface area contributed by atoms with Crippen LogP contribution in [0.15, 0.2) is 6.20 Å². The summed E-state index contributed by atoms with van der Waals surface area (Å²) in [5.41, 5.74) is 7.18. The number of carbonyl (C=O) groups is 1. The lowest BCUT2D eigenvalue weighted by atomic mass is 10.1. The maximum atomic E-state index is 12.8. The Kier molecular flexibility index (Phi) is 4.75. The van der Waals surface area contributed by atoms with Crippen molar-refractivity contribution < 1.29 is 4.79 Å². The molecule has 0 unspecified atom stereocenters. The molecule has 1 aromatic heterocycles. The Morgan fingerprint density at radius 2 is 2.20 bits per heavy atom. The molecule has 0 atom stereocenters. The van der Waals surface area contributed by atoms with Crippen molar-refractivity contribution in [2.45, 2.75) is 45.1 Å². The number of nitrogens with two attached hydrogens (primary N) is 1. The summed E-state index contributed by atoms with van der Waals surface area (Å²) in [5, 5.41) is 4.34. The third-order valence-electron chi connectivity index (χ3n) is 3.82. The SMILES string of the molecule is CCc1nn(C)cc1C(=O)N(CC(N)=S)C1CCCC1. The maximum Gasteiger partial charge on any atom is 0.257 e. The van der Waals surface area contributed by atoms with E-state index in [1.165, 1.54) is 12.8 Å². The van der Waals surface area contributed by atoms with Crippen LogP contribution < -0.4 is 5.73 Å². The van der Waals surface area contributed by atoms with E-state index in [2.05, 4.69) is 5.10 Å². The van der Waals surface area contributed by atoms with Crippen molar-refractivity contribution in [2.75, 3.05) is 6.54 Å². The molecule has 1 heterocycles. The highest BCUT2D eigenvalue weighted by Crippen LogP contribution is 2.25. The molecule has 1 aliphatic carbocycles. The smallest absolute Gasteiger partial charge is 0.257 e. The molecule has 0 radical (unpaired) electrons. The Labute approximate surface area is 125 Å². The second-order valence-electron chi connectivity index (χ2n) is 5.35. The van der Waals surface area contributed by atoms with Gasteiger partial charge in [0.1, 0.15) is 0 Å². The predicted molar refractivity (Wildman–Crippen MR) is 82.7 cm³/mol. The summed E-state index contributed by atoms with van der Waals surface area (Å²) in [6, 6.07) is 0.258. The number of hydrogen-bond donors (Lipinski definition) is 1. The molecule has 110 valence electrons. The number of carbonyl (C=O) groups excluding carboxylic acids is 1. The fourth-order valence-corrected chi connectivity index (χ4v) is 3.02. The van der Waals surface area contributed by atoms with Crippen LogP contribution >= 0.6 is 12.2 Å². The van der Waals surface area contributed by atoms with Crippen molar-refractivity contribution in [1.82, 2.24) is 14.7 Å². The van der Waals surface area contributed by atoms with E-state index in [4.69, 9.17) is 18.0 Å². The van der Waals surface area contributed by atoms with Gasteiger partial charge in [-0.25, -0.2) is 0 Å². The molecule has 1 fully saturated rings. The van der Waals surface area contributed by atoms with Crippen LogP contribution in [-0.2, 0) is 13.5 Å². The van der Waals surface area contributed by atoms with Gasteiger partial charge in [0.05, 0.1) is 22.8 Å². The lowest BCUT2D eigenvalue weighted by Gasteiger charge is -2.28. The predicted octanol–water partition coefficient (Wildman–Crippen LogP) is 1.65. The molecule has 0 spiro atoms. The molecule has 1 saturated carbocycles. The standard InChI is InChI=1S/C14H22N4OS/c1-3-12-11(8-17(2)16-12)14(19)18(9-13(15)20)10-6-4-5-7-10/h8,10H,3-7,9H2,1-2H3,(H2,15,20). The zero-order valence-electron chi connectivity index (χ0n) is 12.1. The number of aromatic nitrogens is 2. The normalized spacial score (nSPS) is 15.5. The first kappa shape index (κ1) is 15.0. The van der Waals surface area contributed by atoms with Crippen molar-refractivity contribution in [3.63, 3.8) is 0 Å². The van der Waals surface area contributed by atoms with E-state index in [9.17, 15) is 4.79 Å². The Balaban J connectivity index is 2.26. The topological polar surface area (TPSA) is 64.2 Å². The molecule has 20 heavy (non-hydrogen) atoms. The van der Waals surface area contributed by atoms with Gasteiger partial charge in [0.15, 0.2) is 0 Å². The van der Waals surface area contributed by atoms with E-state index in [0.717, 1.165) is 25.0 Å². The van der Waals surface area contributed by atoms with Crippen molar-refractivity contribution in [3.05, 3.63) is 17.5 Å². The van der Waals surface area contributed by atoms with Crippen LogP contribution in [0.25, 0.3) is 0 Å². The van der Waals surface area contributed by atoms with Gasteiger partial charge >= 0.3 is 0 Å². The van der Waals surface area contributed by atoms with Gasteiger partial charge in [-0.3, -0.25) is 9.48 Å². The largest absolute Gasteiger partial charge is 0.392 e. The molecule has 0 bridgehead atoms. The highest BCUT2D eigenvalue weighted by atomic mass is 32.1. The fraction of sp³-hybridized carbons (Fsp3) is 0.643. The summed E-state index contributed by atoms with van der Waals surface area (Å²) in [6.45, 7) is 2.36. The first-order valence-corrected chi connectivity index (χ1v) is 7.55. The van der Waals surface area contributed by atoms with E-state index in [1.54, 1.807) is 10.9 Å². The molecule has 6 heteroatoms. The highest BCUT2D eigenvalue weighted by Gasteiger charge is 2.29. The van der Waals surface area contributed by atoms with Crippen LogP contribution in [0.2, 0.25) is 0 Å². The summed E-state index contributed by atoms with van der Waals surface area (Å²) in [7, 11) is 1.84. The molecule has 2 N–H and O–H groups in total. The molecular formula is C14H22N4OS. The molecule has 0 saturated heterocycles. The number of thiocarbonyl (C=S) groups is 1. The van der Waals surface area contributed by atoms with Gasteiger partial charge < -0.3 is 10.6 Å². The first-order valence-electron chi connectivity index (χ1n) is 7.14. The second-order valence-corrected chi connectivity index (χ2v) is 5.88.